The quantitative estimate of drug-likeness (QED) is 0.553. The lowest BCUT2D eigenvalue weighted by Gasteiger charge is -2.44. The Morgan fingerprint density at radius 2 is 1.56 bits per heavy atom. The molecule has 4 amide bonds. The molecule has 1 N–H and O–H groups in total. The predicted octanol–water partition coefficient (Wildman–Crippen LogP) is 2.51. The molecule has 174 valence electrons. The van der Waals surface area contributed by atoms with Gasteiger partial charge in [-0.15, -0.1) is 0 Å². The molecule has 0 aromatic heterocycles. The predicted molar refractivity (Wildman–Crippen MR) is 121 cm³/mol. The second kappa shape index (κ2) is 8.09. The summed E-state index contributed by atoms with van der Waals surface area (Å²) in [6, 6.07) is 12.1. The molecule has 9 nitrogen and oxygen atoms in total. The Kier molecular flexibility index (Phi) is 5.19. The Morgan fingerprint density at radius 3 is 2.21 bits per heavy atom. The second-order valence-corrected chi connectivity index (χ2v) is 8.75. The summed E-state index contributed by atoms with van der Waals surface area (Å²) in [6.07, 6.45) is 2.63. The van der Waals surface area contributed by atoms with Gasteiger partial charge in [0.05, 0.1) is 22.5 Å². The van der Waals surface area contributed by atoms with Crippen LogP contribution in [-0.2, 0) is 19.1 Å². The molecule has 2 aromatic carbocycles. The lowest BCUT2D eigenvalue weighted by atomic mass is 9.90. The zero-order chi connectivity index (χ0) is 24.0. The zero-order valence-corrected chi connectivity index (χ0v) is 18.6. The molecule has 1 aliphatic carbocycles. The summed E-state index contributed by atoms with van der Waals surface area (Å²) in [7, 11) is 0. The number of para-hydroxylation sites is 2. The standard InChI is InChI=1S/C25H23N3O6/c1-15(27-21(30)16-8-2-3-9-17(16)22(27)31)23(32)34-14-20(29)28-19-11-5-4-10-18(19)26-24(33)25(28)12-6-7-13-25/h2-5,8-11,15H,6-7,12-14H2,1H3,(H,26,33). The SMILES string of the molecule is CC(C(=O)OCC(=O)N1c2ccccc2NC(=O)C12CCCC2)N1C(=O)c2ccccc2C1=O. The number of benzene rings is 2. The molecular formula is C25H23N3O6. The molecule has 0 radical (unpaired) electrons. The van der Waals surface area contributed by atoms with Crippen LogP contribution in [0.25, 0.3) is 0 Å². The molecular weight excluding hydrogens is 438 g/mol. The molecule has 2 aromatic rings. The number of amides is 4. The van der Waals surface area contributed by atoms with Crippen LogP contribution in [0.4, 0.5) is 11.4 Å². The topological polar surface area (TPSA) is 113 Å². The number of imide groups is 1. The summed E-state index contributed by atoms with van der Waals surface area (Å²) in [6.45, 7) is 0.770. The number of hydrogen-bond donors (Lipinski definition) is 1. The highest BCUT2D eigenvalue weighted by Gasteiger charge is 2.52. The van der Waals surface area contributed by atoms with Crippen LogP contribution in [-0.4, -0.2) is 52.7 Å². The largest absolute Gasteiger partial charge is 0.454 e. The van der Waals surface area contributed by atoms with Crippen LogP contribution >= 0.6 is 0 Å². The third-order valence-electron chi connectivity index (χ3n) is 6.82. The highest BCUT2D eigenvalue weighted by molar-refractivity contribution is 6.22. The molecule has 34 heavy (non-hydrogen) atoms. The first-order chi connectivity index (χ1) is 16.3. The third kappa shape index (κ3) is 3.19. The fraction of sp³-hybridized carbons (Fsp3) is 0.320. The van der Waals surface area contributed by atoms with Gasteiger partial charge in [0.15, 0.2) is 6.61 Å². The van der Waals surface area contributed by atoms with Crippen LogP contribution in [0.3, 0.4) is 0 Å². The summed E-state index contributed by atoms with van der Waals surface area (Å²) in [5.74, 6) is -2.82. The normalized spacial score (nSPS) is 19.0. The van der Waals surface area contributed by atoms with E-state index in [9.17, 15) is 24.0 Å². The Hall–Kier alpha value is -4.01. The van der Waals surface area contributed by atoms with Gasteiger partial charge >= 0.3 is 5.97 Å². The Labute approximate surface area is 195 Å². The lowest BCUT2D eigenvalue weighted by molar-refractivity contribution is -0.151. The number of hydrogen-bond acceptors (Lipinski definition) is 6. The smallest absolute Gasteiger partial charge is 0.329 e. The first-order valence-electron chi connectivity index (χ1n) is 11.2. The molecule has 9 heteroatoms. The van der Waals surface area contributed by atoms with Crippen LogP contribution in [0.2, 0.25) is 0 Å². The molecule has 1 spiro atoms. The summed E-state index contributed by atoms with van der Waals surface area (Å²) < 4.78 is 5.27. The molecule has 1 saturated carbocycles. The van der Waals surface area contributed by atoms with Crippen molar-refractivity contribution in [2.24, 2.45) is 0 Å². The van der Waals surface area contributed by atoms with Gasteiger partial charge < -0.3 is 10.1 Å². The van der Waals surface area contributed by atoms with Crippen molar-refractivity contribution >= 4 is 41.0 Å². The molecule has 0 bridgehead atoms. The fourth-order valence-electron chi connectivity index (χ4n) is 5.11. The van der Waals surface area contributed by atoms with Gasteiger partial charge in [-0.25, -0.2) is 4.79 Å². The summed E-state index contributed by atoms with van der Waals surface area (Å²) >= 11 is 0. The molecule has 2 aliphatic heterocycles. The van der Waals surface area contributed by atoms with E-state index in [1.165, 1.54) is 24.0 Å². The van der Waals surface area contributed by atoms with E-state index in [4.69, 9.17) is 4.74 Å². The number of nitrogens with zero attached hydrogens (tertiary/aromatic N) is 2. The highest BCUT2D eigenvalue weighted by atomic mass is 16.5. The minimum atomic E-state index is -1.21. The van der Waals surface area contributed by atoms with Crippen LogP contribution < -0.4 is 10.2 Å². The van der Waals surface area contributed by atoms with Crippen LogP contribution in [0.15, 0.2) is 48.5 Å². The summed E-state index contributed by atoms with van der Waals surface area (Å²) in [4.78, 5) is 66.7. The van der Waals surface area contributed by atoms with Gasteiger partial charge in [-0.1, -0.05) is 37.1 Å². The average molecular weight is 461 g/mol. The number of ether oxygens (including phenoxy) is 1. The number of carbonyl (C=O) groups is 5. The first-order valence-corrected chi connectivity index (χ1v) is 11.2. The minimum absolute atomic E-state index is 0.224. The van der Waals surface area contributed by atoms with Gasteiger partial charge in [-0.3, -0.25) is 29.0 Å². The van der Waals surface area contributed by atoms with Gasteiger partial charge in [0.1, 0.15) is 11.6 Å². The Morgan fingerprint density at radius 1 is 0.971 bits per heavy atom. The molecule has 1 fully saturated rings. The summed E-state index contributed by atoms with van der Waals surface area (Å²) in [5.41, 5.74) is 0.499. The van der Waals surface area contributed by atoms with E-state index < -0.39 is 41.9 Å². The molecule has 3 aliphatic rings. The van der Waals surface area contributed by atoms with Gasteiger partial charge in [-0.2, -0.15) is 0 Å². The molecule has 1 atom stereocenters. The first kappa shape index (κ1) is 21.8. The Bertz CT molecular complexity index is 1200. The maximum absolute atomic E-state index is 13.3. The maximum Gasteiger partial charge on any atom is 0.329 e. The van der Waals surface area contributed by atoms with E-state index in [-0.39, 0.29) is 17.0 Å². The fourth-order valence-corrected chi connectivity index (χ4v) is 5.11. The minimum Gasteiger partial charge on any atom is -0.454 e. The monoisotopic (exact) mass is 461 g/mol. The van der Waals surface area contributed by atoms with Crippen molar-refractivity contribution in [2.75, 3.05) is 16.8 Å². The van der Waals surface area contributed by atoms with Crippen molar-refractivity contribution in [1.82, 2.24) is 4.90 Å². The van der Waals surface area contributed by atoms with E-state index in [0.717, 1.165) is 17.7 Å². The van der Waals surface area contributed by atoms with E-state index in [2.05, 4.69) is 5.32 Å². The number of nitrogens with one attached hydrogen (secondary N) is 1. The van der Waals surface area contributed by atoms with Gasteiger partial charge in [0.25, 0.3) is 23.6 Å². The zero-order valence-electron chi connectivity index (χ0n) is 18.6. The second-order valence-electron chi connectivity index (χ2n) is 8.75. The number of rotatable bonds is 4. The van der Waals surface area contributed by atoms with E-state index in [1.807, 2.05) is 0 Å². The van der Waals surface area contributed by atoms with Crippen molar-refractivity contribution in [1.29, 1.82) is 0 Å². The van der Waals surface area contributed by atoms with Crippen molar-refractivity contribution in [3.05, 3.63) is 59.7 Å². The average Bonchev–Trinajstić information content (AvgIpc) is 3.42. The molecule has 2 heterocycles. The van der Waals surface area contributed by atoms with Gasteiger partial charge in [-0.05, 0) is 44.0 Å². The van der Waals surface area contributed by atoms with Crippen LogP contribution in [0, 0.1) is 0 Å². The highest BCUT2D eigenvalue weighted by Crippen LogP contribution is 2.45. The van der Waals surface area contributed by atoms with Gasteiger partial charge in [0.2, 0.25) is 0 Å². The molecule has 1 unspecified atom stereocenters. The van der Waals surface area contributed by atoms with Gasteiger partial charge in [0, 0.05) is 0 Å². The Balaban J connectivity index is 1.34. The molecule has 5 rings (SSSR count). The van der Waals surface area contributed by atoms with E-state index in [1.54, 1.807) is 36.4 Å². The lowest BCUT2D eigenvalue weighted by Crippen LogP contribution is -2.61. The van der Waals surface area contributed by atoms with Crippen LogP contribution in [0.5, 0.6) is 0 Å². The molecule has 0 saturated heterocycles. The van der Waals surface area contributed by atoms with E-state index in [0.29, 0.717) is 24.2 Å². The van der Waals surface area contributed by atoms with Crippen molar-refractivity contribution in [3.8, 4) is 0 Å². The maximum atomic E-state index is 13.3. The number of fused-ring (bicyclic) bond motifs is 2. The van der Waals surface area contributed by atoms with Crippen molar-refractivity contribution in [2.45, 2.75) is 44.2 Å². The third-order valence-corrected chi connectivity index (χ3v) is 6.82. The number of esters is 1. The number of carbonyl (C=O) groups excluding carboxylic acids is 5. The van der Waals surface area contributed by atoms with Crippen molar-refractivity contribution in [3.63, 3.8) is 0 Å². The van der Waals surface area contributed by atoms with E-state index >= 15 is 0 Å². The summed E-state index contributed by atoms with van der Waals surface area (Å²) in [5, 5.41) is 2.89. The number of anilines is 2. The van der Waals surface area contributed by atoms with Crippen LogP contribution in [0.1, 0.15) is 53.3 Å². The van der Waals surface area contributed by atoms with Crippen molar-refractivity contribution < 1.29 is 28.7 Å².